The molecule has 2 saturated heterocycles. The Hall–Kier alpha value is -1.88. The number of halogens is 3. The Morgan fingerprint density at radius 1 is 1.29 bits per heavy atom. The lowest BCUT2D eigenvalue weighted by Gasteiger charge is -2.37. The maximum Gasteiger partial charge on any atom is 0.490 e. The molecule has 3 rings (SSSR count). The fraction of sp³-hybridized carbons (Fsp3) is 0.706. The number of aliphatic carboxylic acids is 1. The number of alkyl halides is 3. The third kappa shape index (κ3) is 6.93. The van der Waals surface area contributed by atoms with Gasteiger partial charge in [-0.3, -0.25) is 5.32 Å². The fourth-order valence-electron chi connectivity index (χ4n) is 3.44. The van der Waals surface area contributed by atoms with Crippen molar-refractivity contribution in [2.24, 2.45) is 11.8 Å². The normalized spacial score (nSPS) is 20.9. The Kier molecular flexibility index (Phi) is 8.05. The third-order valence-corrected chi connectivity index (χ3v) is 5.78. The molecule has 0 radical (unpaired) electrons. The molecule has 2 amide bonds. The van der Waals surface area contributed by atoms with Crippen LogP contribution < -0.4 is 10.6 Å². The van der Waals surface area contributed by atoms with Gasteiger partial charge >= 0.3 is 18.2 Å². The van der Waals surface area contributed by atoms with Crippen LogP contribution in [0, 0.1) is 18.8 Å². The molecular formula is C17H25F3N4O3S. The first-order chi connectivity index (χ1) is 13.2. The number of rotatable bonds is 2. The number of nitrogens with zero attached hydrogens (tertiary/aromatic N) is 2. The summed E-state index contributed by atoms with van der Waals surface area (Å²) in [7, 11) is 0. The van der Waals surface area contributed by atoms with Crippen LogP contribution in [0.5, 0.6) is 0 Å². The van der Waals surface area contributed by atoms with Gasteiger partial charge in [-0.15, -0.1) is 11.3 Å². The van der Waals surface area contributed by atoms with Crippen LogP contribution in [0.2, 0.25) is 0 Å². The number of carbonyl (C=O) groups excluding carboxylic acids is 1. The molecule has 7 nitrogen and oxygen atoms in total. The molecule has 0 aromatic carbocycles. The molecule has 0 saturated carbocycles. The molecule has 3 N–H and O–H groups in total. The second-order valence-electron chi connectivity index (χ2n) is 6.96. The molecule has 158 valence electrons. The molecular weight excluding hydrogens is 397 g/mol. The number of thiazole rings is 1. The number of urea groups is 1. The number of anilines is 1. The van der Waals surface area contributed by atoms with E-state index in [1.54, 1.807) is 0 Å². The van der Waals surface area contributed by atoms with Crippen molar-refractivity contribution in [1.82, 2.24) is 15.2 Å². The van der Waals surface area contributed by atoms with E-state index in [2.05, 4.69) is 15.6 Å². The Morgan fingerprint density at radius 2 is 1.93 bits per heavy atom. The van der Waals surface area contributed by atoms with Crippen molar-refractivity contribution in [1.29, 1.82) is 0 Å². The summed E-state index contributed by atoms with van der Waals surface area (Å²) in [6, 6.07) is 0.00423. The van der Waals surface area contributed by atoms with Crippen molar-refractivity contribution in [2.45, 2.75) is 38.8 Å². The van der Waals surface area contributed by atoms with Crippen molar-refractivity contribution in [3.05, 3.63) is 11.1 Å². The first-order valence-electron chi connectivity index (χ1n) is 9.15. The lowest BCUT2D eigenvalue weighted by Crippen LogP contribution is -2.44. The van der Waals surface area contributed by atoms with E-state index in [1.165, 1.54) is 30.7 Å². The highest BCUT2D eigenvalue weighted by Crippen LogP contribution is 2.29. The second kappa shape index (κ2) is 10.1. The van der Waals surface area contributed by atoms with E-state index < -0.39 is 12.1 Å². The van der Waals surface area contributed by atoms with Crippen molar-refractivity contribution < 1.29 is 27.9 Å². The molecule has 2 fully saturated rings. The van der Waals surface area contributed by atoms with Crippen LogP contribution in [0.15, 0.2) is 5.38 Å². The van der Waals surface area contributed by atoms with Gasteiger partial charge in [-0.05, 0) is 57.5 Å². The number of hydrogen-bond donors (Lipinski definition) is 3. The van der Waals surface area contributed by atoms with E-state index in [0.717, 1.165) is 50.0 Å². The van der Waals surface area contributed by atoms with Gasteiger partial charge in [0.05, 0.1) is 5.69 Å². The quantitative estimate of drug-likeness (QED) is 0.680. The fourth-order valence-corrected chi connectivity index (χ4v) is 4.11. The zero-order valence-corrected chi connectivity index (χ0v) is 16.4. The van der Waals surface area contributed by atoms with E-state index >= 15 is 0 Å². The molecule has 28 heavy (non-hydrogen) atoms. The number of hydrogen-bond acceptors (Lipinski definition) is 5. The maximum absolute atomic E-state index is 12.2. The summed E-state index contributed by atoms with van der Waals surface area (Å²) in [5, 5.41) is 16.2. The van der Waals surface area contributed by atoms with Crippen LogP contribution in [-0.4, -0.2) is 59.3 Å². The standard InChI is InChI=1S/C15H24N4OS.C2HF3O2/c1-11-10-21-14(17-11)18-15(20)19-7-4-12(5-8-19)13-3-2-6-16-9-13;3-2(4,5)1(6)7/h10,12-13,16H,2-9H2,1H3,(H,17,18,20);(H,6,7). The van der Waals surface area contributed by atoms with Gasteiger partial charge in [0.15, 0.2) is 5.13 Å². The highest BCUT2D eigenvalue weighted by Gasteiger charge is 2.38. The SMILES string of the molecule is Cc1csc(NC(=O)N2CCC(C3CCCNC3)CC2)n1.O=C(O)C(F)(F)F. The number of nitrogens with one attached hydrogen (secondary N) is 2. The van der Waals surface area contributed by atoms with Crippen LogP contribution in [0.3, 0.4) is 0 Å². The minimum atomic E-state index is -5.08. The largest absolute Gasteiger partial charge is 0.490 e. The zero-order valence-electron chi connectivity index (χ0n) is 15.6. The number of likely N-dealkylation sites (tertiary alicyclic amines) is 1. The maximum atomic E-state index is 12.2. The van der Waals surface area contributed by atoms with Crippen molar-refractivity contribution in [3.8, 4) is 0 Å². The number of amides is 2. The van der Waals surface area contributed by atoms with Gasteiger partial charge in [0.1, 0.15) is 0 Å². The smallest absolute Gasteiger partial charge is 0.475 e. The van der Waals surface area contributed by atoms with E-state index in [-0.39, 0.29) is 6.03 Å². The van der Waals surface area contributed by atoms with Crippen LogP contribution >= 0.6 is 11.3 Å². The number of aryl methyl sites for hydroxylation is 1. The molecule has 1 atom stereocenters. The summed E-state index contributed by atoms with van der Waals surface area (Å²) in [5.74, 6) is -1.16. The average molecular weight is 422 g/mol. The summed E-state index contributed by atoms with van der Waals surface area (Å²) in [6.07, 6.45) is -0.162. The lowest BCUT2D eigenvalue weighted by molar-refractivity contribution is -0.192. The first-order valence-corrected chi connectivity index (χ1v) is 10.0. The Labute approximate surface area is 165 Å². The molecule has 1 aromatic heterocycles. The molecule has 3 heterocycles. The molecule has 2 aliphatic rings. The number of carboxylic acid groups (broad SMARTS) is 1. The van der Waals surface area contributed by atoms with Gasteiger partial charge in [-0.2, -0.15) is 13.2 Å². The third-order valence-electron chi connectivity index (χ3n) is 4.90. The van der Waals surface area contributed by atoms with E-state index in [9.17, 15) is 18.0 Å². The predicted molar refractivity (Wildman–Crippen MR) is 99.5 cm³/mol. The summed E-state index contributed by atoms with van der Waals surface area (Å²) >= 11 is 1.49. The van der Waals surface area contributed by atoms with Gasteiger partial charge in [0.2, 0.25) is 0 Å². The van der Waals surface area contributed by atoms with Crippen LogP contribution in [0.1, 0.15) is 31.4 Å². The van der Waals surface area contributed by atoms with E-state index in [1.807, 2.05) is 17.2 Å². The molecule has 11 heteroatoms. The number of carbonyl (C=O) groups is 2. The van der Waals surface area contributed by atoms with Gasteiger partial charge < -0.3 is 15.3 Å². The topological polar surface area (TPSA) is 94.6 Å². The molecule has 1 unspecified atom stereocenters. The molecule has 2 aliphatic heterocycles. The van der Waals surface area contributed by atoms with Gasteiger partial charge in [-0.1, -0.05) is 0 Å². The highest BCUT2D eigenvalue weighted by atomic mass is 32.1. The first kappa shape index (κ1) is 22.4. The summed E-state index contributed by atoms with van der Waals surface area (Å²) in [6.45, 7) is 6.02. The van der Waals surface area contributed by atoms with Crippen molar-refractivity contribution in [3.63, 3.8) is 0 Å². The van der Waals surface area contributed by atoms with E-state index in [4.69, 9.17) is 9.90 Å². The monoisotopic (exact) mass is 422 g/mol. The van der Waals surface area contributed by atoms with Crippen LogP contribution in [-0.2, 0) is 4.79 Å². The number of carboxylic acids is 1. The number of piperidine rings is 2. The van der Waals surface area contributed by atoms with Gasteiger partial charge in [0.25, 0.3) is 0 Å². The Morgan fingerprint density at radius 3 is 2.39 bits per heavy atom. The molecule has 1 aromatic rings. The van der Waals surface area contributed by atoms with Crippen LogP contribution in [0.25, 0.3) is 0 Å². The minimum Gasteiger partial charge on any atom is -0.475 e. The van der Waals surface area contributed by atoms with E-state index in [0.29, 0.717) is 5.13 Å². The Bertz CT molecular complexity index is 654. The summed E-state index contributed by atoms with van der Waals surface area (Å²) in [5.41, 5.74) is 0.957. The lowest BCUT2D eigenvalue weighted by atomic mass is 9.80. The second-order valence-corrected chi connectivity index (χ2v) is 7.82. The van der Waals surface area contributed by atoms with Crippen LogP contribution in [0.4, 0.5) is 23.1 Å². The predicted octanol–water partition coefficient (Wildman–Crippen LogP) is 3.33. The highest BCUT2D eigenvalue weighted by molar-refractivity contribution is 7.13. The zero-order chi connectivity index (χ0) is 20.7. The minimum absolute atomic E-state index is 0.00423. The van der Waals surface area contributed by atoms with Gasteiger partial charge in [0, 0.05) is 18.5 Å². The molecule has 0 spiro atoms. The molecule has 0 aliphatic carbocycles. The Balaban J connectivity index is 0.000000345. The summed E-state index contributed by atoms with van der Waals surface area (Å²) < 4.78 is 31.7. The van der Waals surface area contributed by atoms with Gasteiger partial charge in [-0.25, -0.2) is 14.6 Å². The summed E-state index contributed by atoms with van der Waals surface area (Å²) in [4.78, 5) is 27.3. The number of aromatic nitrogens is 1. The average Bonchev–Trinajstić information content (AvgIpc) is 3.07. The molecule has 0 bridgehead atoms. The van der Waals surface area contributed by atoms with Crippen molar-refractivity contribution in [2.75, 3.05) is 31.5 Å². The van der Waals surface area contributed by atoms with Crippen molar-refractivity contribution >= 4 is 28.5 Å².